The van der Waals surface area contributed by atoms with E-state index in [0.717, 1.165) is 0 Å². The highest BCUT2D eigenvalue weighted by molar-refractivity contribution is 5.96. The molecule has 2 aromatic rings. The number of hydrogen-bond donors (Lipinski definition) is 2. The van der Waals surface area contributed by atoms with Gasteiger partial charge in [0, 0.05) is 11.6 Å². The maximum absolute atomic E-state index is 11.8. The molecule has 140 valence electrons. The quantitative estimate of drug-likeness (QED) is 0.407. The number of esters is 1. The van der Waals surface area contributed by atoms with E-state index >= 15 is 0 Å². The molecule has 0 bridgehead atoms. The van der Waals surface area contributed by atoms with Gasteiger partial charge in [0.05, 0.1) is 17.0 Å². The van der Waals surface area contributed by atoms with Crippen LogP contribution in [0.4, 0.5) is 5.69 Å². The SMILES string of the molecule is O=C(CNC(=O)c1ccccc1)NCC(=O)OCc1ccccc1[N+](=O)[O-]. The van der Waals surface area contributed by atoms with E-state index in [9.17, 15) is 24.5 Å². The number of nitro groups is 1. The van der Waals surface area contributed by atoms with Crippen molar-refractivity contribution in [1.82, 2.24) is 10.6 Å². The highest BCUT2D eigenvalue weighted by Gasteiger charge is 2.14. The Hall–Kier alpha value is -3.75. The molecule has 9 nitrogen and oxygen atoms in total. The van der Waals surface area contributed by atoms with E-state index in [1.165, 1.54) is 18.2 Å². The predicted octanol–water partition coefficient (Wildman–Crippen LogP) is 1.18. The Bertz CT molecular complexity index is 838. The van der Waals surface area contributed by atoms with E-state index in [-0.39, 0.29) is 24.4 Å². The van der Waals surface area contributed by atoms with Gasteiger partial charge in [-0.3, -0.25) is 24.5 Å². The van der Waals surface area contributed by atoms with Crippen molar-refractivity contribution < 1.29 is 24.0 Å². The van der Waals surface area contributed by atoms with Crippen molar-refractivity contribution in [3.63, 3.8) is 0 Å². The van der Waals surface area contributed by atoms with E-state index in [0.29, 0.717) is 5.56 Å². The van der Waals surface area contributed by atoms with E-state index < -0.39 is 29.3 Å². The van der Waals surface area contributed by atoms with Crippen molar-refractivity contribution >= 4 is 23.5 Å². The number of hydrogen-bond acceptors (Lipinski definition) is 6. The second-order valence-electron chi connectivity index (χ2n) is 5.37. The Kier molecular flexibility index (Phi) is 7.00. The fourth-order valence-electron chi connectivity index (χ4n) is 2.11. The zero-order valence-electron chi connectivity index (χ0n) is 14.2. The lowest BCUT2D eigenvalue weighted by molar-refractivity contribution is -0.385. The second kappa shape index (κ2) is 9.66. The van der Waals surface area contributed by atoms with Crippen LogP contribution in [-0.2, 0) is 20.9 Å². The van der Waals surface area contributed by atoms with E-state index in [2.05, 4.69) is 10.6 Å². The molecule has 2 rings (SSSR count). The molecule has 27 heavy (non-hydrogen) atoms. The number of nitro benzene ring substituents is 1. The minimum atomic E-state index is -0.754. The van der Waals surface area contributed by atoms with Crippen LogP contribution in [0.2, 0.25) is 0 Å². The number of nitrogens with one attached hydrogen (secondary N) is 2. The molecule has 0 atom stereocenters. The van der Waals surface area contributed by atoms with Crippen LogP contribution >= 0.6 is 0 Å². The van der Waals surface area contributed by atoms with E-state index in [4.69, 9.17) is 4.74 Å². The molecule has 0 spiro atoms. The maximum Gasteiger partial charge on any atom is 0.325 e. The average Bonchev–Trinajstić information content (AvgIpc) is 2.69. The Morgan fingerprint density at radius 2 is 1.59 bits per heavy atom. The van der Waals surface area contributed by atoms with Gasteiger partial charge in [0.1, 0.15) is 13.2 Å². The lowest BCUT2D eigenvalue weighted by atomic mass is 10.2. The van der Waals surface area contributed by atoms with Crippen LogP contribution in [0.3, 0.4) is 0 Å². The summed E-state index contributed by atoms with van der Waals surface area (Å²) in [7, 11) is 0. The summed E-state index contributed by atoms with van der Waals surface area (Å²) >= 11 is 0. The minimum Gasteiger partial charge on any atom is -0.459 e. The van der Waals surface area contributed by atoms with Gasteiger partial charge in [-0.2, -0.15) is 0 Å². The van der Waals surface area contributed by atoms with Gasteiger partial charge in [0.15, 0.2) is 0 Å². The third-order valence-corrected chi connectivity index (χ3v) is 3.45. The fraction of sp³-hybridized carbons (Fsp3) is 0.167. The predicted molar refractivity (Wildman–Crippen MR) is 94.7 cm³/mol. The second-order valence-corrected chi connectivity index (χ2v) is 5.37. The minimum absolute atomic E-state index is 0.155. The van der Waals surface area contributed by atoms with Gasteiger partial charge in [-0.25, -0.2) is 0 Å². The topological polar surface area (TPSA) is 128 Å². The van der Waals surface area contributed by atoms with Crippen molar-refractivity contribution in [3.05, 3.63) is 75.8 Å². The van der Waals surface area contributed by atoms with Crippen molar-refractivity contribution in [2.75, 3.05) is 13.1 Å². The molecule has 0 unspecified atom stereocenters. The first-order valence-electron chi connectivity index (χ1n) is 7.95. The monoisotopic (exact) mass is 371 g/mol. The summed E-state index contributed by atoms with van der Waals surface area (Å²) in [5, 5.41) is 15.6. The molecule has 9 heteroatoms. The van der Waals surface area contributed by atoms with Crippen molar-refractivity contribution in [2.24, 2.45) is 0 Å². The Balaban J connectivity index is 1.72. The van der Waals surface area contributed by atoms with E-state index in [1.54, 1.807) is 36.4 Å². The molecule has 0 aliphatic carbocycles. The molecule has 0 fully saturated rings. The van der Waals surface area contributed by atoms with E-state index in [1.807, 2.05) is 0 Å². The molecule has 2 amide bonds. The first kappa shape index (κ1) is 19.6. The lowest BCUT2D eigenvalue weighted by Crippen LogP contribution is -2.39. The molecule has 0 radical (unpaired) electrons. The molecule has 2 N–H and O–H groups in total. The van der Waals surface area contributed by atoms with Crippen molar-refractivity contribution in [3.8, 4) is 0 Å². The van der Waals surface area contributed by atoms with Crippen LogP contribution in [-0.4, -0.2) is 35.8 Å². The third kappa shape index (κ3) is 6.24. The molecule has 0 aromatic heterocycles. The summed E-state index contributed by atoms with van der Waals surface area (Å²) < 4.78 is 4.92. The first-order chi connectivity index (χ1) is 13.0. The summed E-state index contributed by atoms with van der Waals surface area (Å²) in [6.07, 6.45) is 0. The van der Waals surface area contributed by atoms with Gasteiger partial charge < -0.3 is 15.4 Å². The standard InChI is InChI=1S/C18H17N3O6/c22-16(10-20-18(24)13-6-2-1-3-7-13)19-11-17(23)27-12-14-8-4-5-9-15(14)21(25)26/h1-9H,10-12H2,(H,19,22)(H,20,24). The molecular weight excluding hydrogens is 354 g/mol. The third-order valence-electron chi connectivity index (χ3n) is 3.45. The zero-order chi connectivity index (χ0) is 19.6. The van der Waals surface area contributed by atoms with Crippen LogP contribution in [0.1, 0.15) is 15.9 Å². The number of para-hydroxylation sites is 1. The number of benzene rings is 2. The van der Waals surface area contributed by atoms with Gasteiger partial charge in [-0.15, -0.1) is 0 Å². The molecular formula is C18H17N3O6. The summed E-state index contributed by atoms with van der Waals surface area (Å²) in [6.45, 7) is -0.998. The Morgan fingerprint density at radius 3 is 2.30 bits per heavy atom. The molecule has 0 saturated heterocycles. The Morgan fingerprint density at radius 1 is 0.926 bits per heavy atom. The van der Waals surface area contributed by atoms with Crippen LogP contribution in [0.25, 0.3) is 0 Å². The zero-order valence-corrected chi connectivity index (χ0v) is 14.2. The summed E-state index contributed by atoms with van der Waals surface area (Å²) in [5.41, 5.74) is 0.504. The number of amides is 2. The van der Waals surface area contributed by atoms with Gasteiger partial charge in [-0.1, -0.05) is 30.3 Å². The van der Waals surface area contributed by atoms with Crippen LogP contribution in [0.5, 0.6) is 0 Å². The number of ether oxygens (including phenoxy) is 1. The average molecular weight is 371 g/mol. The number of nitrogens with zero attached hydrogens (tertiary/aromatic N) is 1. The number of carbonyl (C=O) groups is 3. The van der Waals surface area contributed by atoms with Gasteiger partial charge >= 0.3 is 5.97 Å². The molecule has 2 aromatic carbocycles. The molecule has 0 aliphatic heterocycles. The highest BCUT2D eigenvalue weighted by atomic mass is 16.6. The van der Waals surface area contributed by atoms with Gasteiger partial charge in [0.25, 0.3) is 11.6 Å². The summed E-state index contributed by atoms with van der Waals surface area (Å²) in [6, 6.07) is 14.2. The fourth-order valence-corrected chi connectivity index (χ4v) is 2.11. The smallest absolute Gasteiger partial charge is 0.325 e. The van der Waals surface area contributed by atoms with Crippen molar-refractivity contribution in [2.45, 2.75) is 6.61 Å². The number of carbonyl (C=O) groups excluding carboxylic acids is 3. The normalized spacial score (nSPS) is 9.93. The molecule has 0 saturated carbocycles. The first-order valence-corrected chi connectivity index (χ1v) is 7.95. The van der Waals surface area contributed by atoms with Crippen LogP contribution < -0.4 is 10.6 Å². The van der Waals surface area contributed by atoms with Gasteiger partial charge in [-0.05, 0) is 18.2 Å². The number of rotatable bonds is 8. The maximum atomic E-state index is 11.8. The van der Waals surface area contributed by atoms with Crippen molar-refractivity contribution in [1.29, 1.82) is 0 Å². The Labute approximate surface area is 154 Å². The lowest BCUT2D eigenvalue weighted by Gasteiger charge is -2.08. The summed E-state index contributed by atoms with van der Waals surface area (Å²) in [5.74, 6) is -1.73. The summed E-state index contributed by atoms with van der Waals surface area (Å²) in [4.78, 5) is 45.5. The van der Waals surface area contributed by atoms with Crippen LogP contribution in [0, 0.1) is 10.1 Å². The molecule has 0 heterocycles. The van der Waals surface area contributed by atoms with Gasteiger partial charge in [0.2, 0.25) is 5.91 Å². The van der Waals surface area contributed by atoms with Crippen LogP contribution in [0.15, 0.2) is 54.6 Å². The molecule has 0 aliphatic rings. The largest absolute Gasteiger partial charge is 0.459 e. The highest BCUT2D eigenvalue weighted by Crippen LogP contribution is 2.18.